The second kappa shape index (κ2) is 6.53. The van der Waals surface area contributed by atoms with Gasteiger partial charge in [-0.3, -0.25) is 24.4 Å². The number of carbonyl (C=O) groups excluding carboxylic acids is 3. The van der Waals surface area contributed by atoms with E-state index in [1.54, 1.807) is 4.68 Å². The lowest BCUT2D eigenvalue weighted by atomic mass is 9.93. The Morgan fingerprint density at radius 1 is 1.31 bits per heavy atom. The zero-order valence-electron chi connectivity index (χ0n) is 14.6. The smallest absolute Gasteiger partial charge is 0.242 e. The Morgan fingerprint density at radius 3 is 2.81 bits per heavy atom. The van der Waals surface area contributed by atoms with E-state index in [1.165, 1.54) is 0 Å². The Balaban J connectivity index is 1.58. The van der Waals surface area contributed by atoms with Gasteiger partial charge in [0.25, 0.3) is 0 Å². The minimum Gasteiger partial charge on any atom is -0.349 e. The van der Waals surface area contributed by atoms with Crippen LogP contribution in [0.5, 0.6) is 0 Å². The van der Waals surface area contributed by atoms with Crippen LogP contribution in [0, 0.1) is 0 Å². The van der Waals surface area contributed by atoms with E-state index >= 15 is 0 Å². The molecule has 3 heterocycles. The number of likely N-dealkylation sites (N-methyl/N-ethyl adjacent to an activating group) is 1. The van der Waals surface area contributed by atoms with Gasteiger partial charge in [-0.2, -0.15) is 5.10 Å². The summed E-state index contributed by atoms with van der Waals surface area (Å²) >= 11 is 0. The first-order valence-corrected chi connectivity index (χ1v) is 8.78. The molecule has 136 valence electrons. The highest BCUT2D eigenvalue weighted by Gasteiger charge is 2.32. The normalized spacial score (nSPS) is 21.5. The van der Waals surface area contributed by atoms with Crippen LogP contribution in [-0.4, -0.2) is 58.6 Å². The number of carbonyl (C=O) groups is 3. The fraction of sp³-hybridized carbons (Fsp3) is 0.444. The SMILES string of the molecule is CN1CC(NC(=O)Cn2nc(C3CCC(=O)NC3=O)c3ccccc32)C1. The van der Waals surface area contributed by atoms with Crippen molar-refractivity contribution in [3.63, 3.8) is 0 Å². The molecule has 2 aliphatic rings. The van der Waals surface area contributed by atoms with Crippen molar-refractivity contribution in [1.29, 1.82) is 0 Å². The number of benzene rings is 1. The van der Waals surface area contributed by atoms with E-state index in [1.807, 2.05) is 31.3 Å². The van der Waals surface area contributed by atoms with Gasteiger partial charge in [-0.15, -0.1) is 0 Å². The lowest BCUT2D eigenvalue weighted by molar-refractivity contribution is -0.134. The number of nitrogens with zero attached hydrogens (tertiary/aromatic N) is 3. The van der Waals surface area contributed by atoms with Gasteiger partial charge in [0.05, 0.1) is 23.2 Å². The third-order valence-electron chi connectivity index (χ3n) is 4.98. The molecular weight excluding hydrogens is 334 g/mol. The van der Waals surface area contributed by atoms with E-state index < -0.39 is 5.92 Å². The van der Waals surface area contributed by atoms with Crippen molar-refractivity contribution in [2.24, 2.45) is 0 Å². The summed E-state index contributed by atoms with van der Waals surface area (Å²) in [6.45, 7) is 1.81. The van der Waals surface area contributed by atoms with Crippen LogP contribution in [0.25, 0.3) is 10.9 Å². The molecular formula is C18H21N5O3. The lowest BCUT2D eigenvalue weighted by Gasteiger charge is -2.36. The summed E-state index contributed by atoms with van der Waals surface area (Å²) in [5.41, 5.74) is 1.44. The number of nitrogens with one attached hydrogen (secondary N) is 2. The molecule has 1 atom stereocenters. The third kappa shape index (κ3) is 3.08. The van der Waals surface area contributed by atoms with Crippen molar-refractivity contribution >= 4 is 28.6 Å². The Morgan fingerprint density at radius 2 is 2.08 bits per heavy atom. The van der Waals surface area contributed by atoms with Gasteiger partial charge in [0.2, 0.25) is 17.7 Å². The maximum atomic E-state index is 12.3. The fourth-order valence-corrected chi connectivity index (χ4v) is 3.69. The van der Waals surface area contributed by atoms with Crippen LogP contribution < -0.4 is 10.6 Å². The summed E-state index contributed by atoms with van der Waals surface area (Å²) < 4.78 is 1.64. The van der Waals surface area contributed by atoms with Gasteiger partial charge in [0.15, 0.2) is 0 Å². The van der Waals surface area contributed by atoms with Gasteiger partial charge in [-0.05, 0) is 19.5 Å². The first kappa shape index (κ1) is 16.7. The van der Waals surface area contributed by atoms with Crippen molar-refractivity contribution in [3.05, 3.63) is 30.0 Å². The number of fused-ring (bicyclic) bond motifs is 1. The van der Waals surface area contributed by atoms with Crippen molar-refractivity contribution in [1.82, 2.24) is 25.3 Å². The van der Waals surface area contributed by atoms with Crippen molar-refractivity contribution < 1.29 is 14.4 Å². The quantitative estimate of drug-likeness (QED) is 0.752. The van der Waals surface area contributed by atoms with E-state index in [9.17, 15) is 14.4 Å². The third-order valence-corrected chi connectivity index (χ3v) is 4.98. The van der Waals surface area contributed by atoms with Crippen LogP contribution in [0.15, 0.2) is 24.3 Å². The van der Waals surface area contributed by atoms with Gasteiger partial charge >= 0.3 is 0 Å². The predicted molar refractivity (Wildman–Crippen MR) is 94.3 cm³/mol. The molecule has 2 fully saturated rings. The average Bonchev–Trinajstić information content (AvgIpc) is 2.92. The summed E-state index contributed by atoms with van der Waals surface area (Å²) in [5, 5.41) is 10.8. The molecule has 2 N–H and O–H groups in total. The molecule has 0 saturated carbocycles. The molecule has 0 bridgehead atoms. The van der Waals surface area contributed by atoms with E-state index in [-0.39, 0.29) is 30.3 Å². The van der Waals surface area contributed by atoms with Gasteiger partial charge in [0.1, 0.15) is 6.54 Å². The van der Waals surface area contributed by atoms with E-state index in [0.29, 0.717) is 18.5 Å². The first-order valence-electron chi connectivity index (χ1n) is 8.78. The summed E-state index contributed by atoms with van der Waals surface area (Å²) in [4.78, 5) is 38.1. The Hall–Kier alpha value is -2.74. The summed E-state index contributed by atoms with van der Waals surface area (Å²) in [6.07, 6.45) is 0.736. The zero-order valence-corrected chi connectivity index (χ0v) is 14.6. The monoisotopic (exact) mass is 355 g/mol. The highest BCUT2D eigenvalue weighted by Crippen LogP contribution is 2.30. The van der Waals surface area contributed by atoms with Crippen molar-refractivity contribution in [3.8, 4) is 0 Å². The second-order valence-corrected chi connectivity index (χ2v) is 7.05. The summed E-state index contributed by atoms with van der Waals surface area (Å²) in [6, 6.07) is 7.74. The van der Waals surface area contributed by atoms with Gasteiger partial charge in [-0.1, -0.05) is 18.2 Å². The van der Waals surface area contributed by atoms with E-state index in [4.69, 9.17) is 0 Å². The van der Waals surface area contributed by atoms with Crippen LogP contribution in [0.4, 0.5) is 0 Å². The molecule has 8 nitrogen and oxygen atoms in total. The minimum atomic E-state index is -0.470. The molecule has 0 aliphatic carbocycles. The number of aromatic nitrogens is 2. The molecule has 1 unspecified atom stereocenters. The van der Waals surface area contributed by atoms with Gasteiger partial charge < -0.3 is 10.2 Å². The Bertz CT molecular complexity index is 884. The number of imide groups is 1. The van der Waals surface area contributed by atoms with Crippen molar-refractivity contribution in [2.75, 3.05) is 20.1 Å². The van der Waals surface area contributed by atoms with E-state index in [2.05, 4.69) is 20.6 Å². The van der Waals surface area contributed by atoms with E-state index in [0.717, 1.165) is 24.0 Å². The van der Waals surface area contributed by atoms with Crippen LogP contribution in [0.3, 0.4) is 0 Å². The molecule has 1 aromatic carbocycles. The average molecular weight is 355 g/mol. The van der Waals surface area contributed by atoms with Crippen LogP contribution in [0.1, 0.15) is 24.5 Å². The lowest BCUT2D eigenvalue weighted by Crippen LogP contribution is -2.57. The number of likely N-dealkylation sites (tertiary alicyclic amines) is 1. The minimum absolute atomic E-state index is 0.0915. The van der Waals surface area contributed by atoms with Crippen LogP contribution in [0.2, 0.25) is 0 Å². The van der Waals surface area contributed by atoms with Gasteiger partial charge in [-0.25, -0.2) is 0 Å². The molecule has 0 spiro atoms. The van der Waals surface area contributed by atoms with Crippen LogP contribution >= 0.6 is 0 Å². The molecule has 4 rings (SSSR count). The molecule has 0 radical (unpaired) electrons. The molecule has 2 aromatic rings. The topological polar surface area (TPSA) is 96.3 Å². The number of hydrogen-bond donors (Lipinski definition) is 2. The zero-order chi connectivity index (χ0) is 18.3. The molecule has 1 aromatic heterocycles. The first-order chi connectivity index (χ1) is 12.5. The van der Waals surface area contributed by atoms with Crippen LogP contribution in [-0.2, 0) is 20.9 Å². The number of piperidine rings is 1. The molecule has 2 saturated heterocycles. The second-order valence-electron chi connectivity index (χ2n) is 7.05. The Kier molecular flexibility index (Phi) is 4.20. The fourth-order valence-electron chi connectivity index (χ4n) is 3.69. The number of amides is 3. The standard InChI is InChI=1S/C18H21N5O3/c1-22-8-11(9-22)19-16(25)10-23-14-5-3-2-4-12(14)17(21-23)13-6-7-15(24)20-18(13)26/h2-5,11,13H,6-10H2,1H3,(H,19,25)(H,20,24,26). The molecule has 8 heteroatoms. The molecule has 3 amide bonds. The van der Waals surface area contributed by atoms with Gasteiger partial charge in [0, 0.05) is 24.9 Å². The molecule has 26 heavy (non-hydrogen) atoms. The summed E-state index contributed by atoms with van der Waals surface area (Å²) in [5.74, 6) is -1.13. The number of rotatable bonds is 4. The predicted octanol–water partition coefficient (Wildman–Crippen LogP) is -0.0133. The Labute approximate surface area is 150 Å². The molecule has 2 aliphatic heterocycles. The summed E-state index contributed by atoms with van der Waals surface area (Å²) in [7, 11) is 2.01. The number of hydrogen-bond acceptors (Lipinski definition) is 5. The highest BCUT2D eigenvalue weighted by molar-refractivity contribution is 6.02. The maximum absolute atomic E-state index is 12.3. The van der Waals surface area contributed by atoms with Crippen molar-refractivity contribution in [2.45, 2.75) is 31.3 Å². The largest absolute Gasteiger partial charge is 0.349 e. The number of para-hydroxylation sites is 1. The maximum Gasteiger partial charge on any atom is 0.242 e. The highest BCUT2D eigenvalue weighted by atomic mass is 16.2.